The Bertz CT molecular complexity index is 880. The van der Waals surface area contributed by atoms with Crippen molar-refractivity contribution < 1.29 is 9.53 Å². The monoisotopic (exact) mass is 417 g/mol. The lowest BCUT2D eigenvalue weighted by Crippen LogP contribution is -2.31. The van der Waals surface area contributed by atoms with Crippen molar-refractivity contribution in [2.45, 2.75) is 18.4 Å². The highest BCUT2D eigenvalue weighted by molar-refractivity contribution is 9.10. The van der Waals surface area contributed by atoms with Crippen LogP contribution in [0.1, 0.15) is 39.9 Å². The van der Waals surface area contributed by atoms with Crippen LogP contribution in [0.2, 0.25) is 5.02 Å². The number of carbonyl (C=O) groups is 1. The molecule has 0 saturated carbocycles. The molecule has 1 aliphatic heterocycles. The van der Waals surface area contributed by atoms with Crippen LogP contribution in [0.25, 0.3) is 0 Å². The summed E-state index contributed by atoms with van der Waals surface area (Å²) in [6.45, 7) is 0. The Morgan fingerprint density at radius 2 is 2.08 bits per heavy atom. The van der Waals surface area contributed by atoms with Crippen molar-refractivity contribution in [3.63, 3.8) is 0 Å². The first-order valence-corrected chi connectivity index (χ1v) is 9.37. The minimum atomic E-state index is -0.326. The second-order valence-electron chi connectivity index (χ2n) is 6.37. The zero-order valence-electron chi connectivity index (χ0n) is 13.6. The van der Waals surface area contributed by atoms with Gasteiger partial charge in [-0.05, 0) is 41.7 Å². The highest BCUT2D eigenvalue weighted by Crippen LogP contribution is 2.53. The molecule has 0 saturated heterocycles. The average Bonchev–Trinajstić information content (AvgIpc) is 3.11. The van der Waals surface area contributed by atoms with Gasteiger partial charge >= 0.3 is 5.97 Å². The molecule has 3 atom stereocenters. The Balaban J connectivity index is 1.89. The lowest BCUT2D eigenvalue weighted by Gasteiger charge is -2.39. The van der Waals surface area contributed by atoms with E-state index >= 15 is 0 Å². The van der Waals surface area contributed by atoms with Gasteiger partial charge in [-0.1, -0.05) is 57.9 Å². The van der Waals surface area contributed by atoms with Crippen molar-refractivity contribution in [2.75, 3.05) is 12.4 Å². The summed E-state index contributed by atoms with van der Waals surface area (Å²) in [5.74, 6) is 0.141. The number of methoxy groups -OCH3 is 1. The maximum atomic E-state index is 12.3. The molecule has 2 aromatic carbocycles. The minimum absolute atomic E-state index is 0.119. The standard InChI is InChI=1S/C20H17BrClNO2/c1-25-20(24)14-9-10-16(22)19-17(14)11-6-4-7-12(11)18(23-19)13-5-2-3-8-15(13)21/h2-6,8-12,18,23H,7H2,1H3/t11-,12-,18-/m1/s1. The first-order valence-electron chi connectivity index (χ1n) is 8.20. The summed E-state index contributed by atoms with van der Waals surface area (Å²) >= 11 is 10.2. The number of anilines is 1. The van der Waals surface area contributed by atoms with E-state index in [4.69, 9.17) is 16.3 Å². The van der Waals surface area contributed by atoms with Gasteiger partial charge in [0, 0.05) is 10.4 Å². The van der Waals surface area contributed by atoms with Gasteiger partial charge in [0.05, 0.1) is 29.4 Å². The fourth-order valence-corrected chi connectivity index (χ4v) is 4.75. The lowest BCUT2D eigenvalue weighted by atomic mass is 9.75. The summed E-state index contributed by atoms with van der Waals surface area (Å²) < 4.78 is 6.05. The minimum Gasteiger partial charge on any atom is -0.465 e. The Labute approximate surface area is 160 Å². The van der Waals surface area contributed by atoms with Crippen molar-refractivity contribution in [2.24, 2.45) is 5.92 Å². The number of hydrogen-bond acceptors (Lipinski definition) is 3. The molecule has 1 aliphatic carbocycles. The van der Waals surface area contributed by atoms with Crippen LogP contribution in [0.15, 0.2) is 53.0 Å². The highest BCUT2D eigenvalue weighted by Gasteiger charge is 2.41. The number of esters is 1. The summed E-state index contributed by atoms with van der Waals surface area (Å²) in [5.41, 5.74) is 3.56. The van der Waals surface area contributed by atoms with Gasteiger partial charge in [0.25, 0.3) is 0 Å². The van der Waals surface area contributed by atoms with Crippen LogP contribution in [-0.2, 0) is 4.74 Å². The van der Waals surface area contributed by atoms with E-state index < -0.39 is 0 Å². The molecule has 1 heterocycles. The van der Waals surface area contributed by atoms with Crippen molar-refractivity contribution in [3.05, 3.63) is 74.7 Å². The molecule has 4 rings (SSSR count). The molecule has 0 aromatic heterocycles. The fraction of sp³-hybridized carbons (Fsp3) is 0.250. The van der Waals surface area contributed by atoms with Gasteiger partial charge in [0.15, 0.2) is 0 Å². The normalized spacial score (nSPS) is 23.6. The molecule has 0 fully saturated rings. The number of hydrogen-bond donors (Lipinski definition) is 1. The van der Waals surface area contributed by atoms with Crippen molar-refractivity contribution in [1.82, 2.24) is 0 Å². The summed E-state index contributed by atoms with van der Waals surface area (Å²) in [6.07, 6.45) is 5.34. The molecule has 0 unspecified atom stereocenters. The van der Waals surface area contributed by atoms with Crippen LogP contribution in [0.4, 0.5) is 5.69 Å². The number of halogens is 2. The van der Waals surface area contributed by atoms with Crippen LogP contribution in [-0.4, -0.2) is 13.1 Å². The molecule has 0 bridgehead atoms. The zero-order chi connectivity index (χ0) is 17.6. The molecule has 128 valence electrons. The SMILES string of the molecule is COC(=O)c1ccc(Cl)c2c1[C@@H]1C=CC[C@H]1[C@H](c1ccccc1Br)N2. The first-order chi connectivity index (χ1) is 12.1. The van der Waals surface area contributed by atoms with E-state index in [1.54, 1.807) is 12.1 Å². The average molecular weight is 419 g/mol. The Kier molecular flexibility index (Phi) is 4.34. The van der Waals surface area contributed by atoms with Crippen LogP contribution in [0, 0.1) is 5.92 Å². The Morgan fingerprint density at radius 1 is 1.28 bits per heavy atom. The summed E-state index contributed by atoms with van der Waals surface area (Å²) in [5, 5.41) is 4.23. The molecular weight excluding hydrogens is 402 g/mol. The Hall–Kier alpha value is -1.78. The lowest BCUT2D eigenvalue weighted by molar-refractivity contribution is 0.0598. The number of fused-ring (bicyclic) bond motifs is 3. The van der Waals surface area contributed by atoms with E-state index in [0.717, 1.165) is 22.1 Å². The third-order valence-corrected chi connectivity index (χ3v) is 6.15. The number of ether oxygens (including phenoxy) is 1. The quantitative estimate of drug-likeness (QED) is 0.501. The fourth-order valence-electron chi connectivity index (χ4n) is 4.00. The third kappa shape index (κ3) is 2.68. The number of rotatable bonds is 2. The zero-order valence-corrected chi connectivity index (χ0v) is 16.0. The van der Waals surface area contributed by atoms with E-state index in [2.05, 4.69) is 45.5 Å². The van der Waals surface area contributed by atoms with Gasteiger partial charge in [-0.25, -0.2) is 4.79 Å². The molecule has 2 aliphatic rings. The molecule has 3 nitrogen and oxygen atoms in total. The van der Waals surface area contributed by atoms with Gasteiger partial charge in [0.1, 0.15) is 0 Å². The van der Waals surface area contributed by atoms with Crippen LogP contribution >= 0.6 is 27.5 Å². The summed E-state index contributed by atoms with van der Waals surface area (Å²) in [7, 11) is 1.41. The maximum Gasteiger partial charge on any atom is 0.338 e. The van der Waals surface area contributed by atoms with Crippen molar-refractivity contribution in [3.8, 4) is 0 Å². The number of allylic oxidation sites excluding steroid dienone is 2. The molecule has 5 heteroatoms. The van der Waals surface area contributed by atoms with E-state index in [1.165, 1.54) is 12.7 Å². The van der Waals surface area contributed by atoms with Crippen molar-refractivity contribution in [1.29, 1.82) is 0 Å². The molecule has 0 spiro atoms. The first kappa shape index (κ1) is 16.7. The van der Waals surface area contributed by atoms with E-state index in [0.29, 0.717) is 16.5 Å². The summed E-state index contributed by atoms with van der Waals surface area (Å²) in [4.78, 5) is 12.3. The van der Waals surface area contributed by atoms with E-state index in [-0.39, 0.29) is 17.9 Å². The molecule has 0 amide bonds. The number of nitrogens with one attached hydrogen (secondary N) is 1. The third-order valence-electron chi connectivity index (χ3n) is 5.11. The number of carbonyl (C=O) groups excluding carboxylic acids is 1. The largest absolute Gasteiger partial charge is 0.465 e. The van der Waals surface area contributed by atoms with Gasteiger partial charge < -0.3 is 10.1 Å². The highest BCUT2D eigenvalue weighted by atomic mass is 79.9. The van der Waals surface area contributed by atoms with E-state index in [9.17, 15) is 4.79 Å². The van der Waals surface area contributed by atoms with Gasteiger partial charge in [0.2, 0.25) is 0 Å². The van der Waals surface area contributed by atoms with Crippen molar-refractivity contribution >= 4 is 39.2 Å². The maximum absolute atomic E-state index is 12.3. The molecule has 25 heavy (non-hydrogen) atoms. The van der Waals surface area contributed by atoms with E-state index in [1.807, 2.05) is 12.1 Å². The smallest absolute Gasteiger partial charge is 0.338 e. The molecule has 0 radical (unpaired) electrons. The molecule has 2 aromatic rings. The van der Waals surface area contributed by atoms with Crippen LogP contribution < -0.4 is 5.32 Å². The number of benzene rings is 2. The molecule has 1 N–H and O–H groups in total. The Morgan fingerprint density at radius 3 is 2.84 bits per heavy atom. The van der Waals surface area contributed by atoms with Gasteiger partial charge in [-0.15, -0.1) is 0 Å². The van der Waals surface area contributed by atoms with Crippen LogP contribution in [0.3, 0.4) is 0 Å². The summed E-state index contributed by atoms with van der Waals surface area (Å²) in [6, 6.07) is 11.9. The topological polar surface area (TPSA) is 38.3 Å². The molecular formula is C20H17BrClNO2. The van der Waals surface area contributed by atoms with Gasteiger partial charge in [-0.2, -0.15) is 0 Å². The predicted octanol–water partition coefficient (Wildman–Crippen LogP) is 5.72. The predicted molar refractivity (Wildman–Crippen MR) is 103 cm³/mol. The van der Waals surface area contributed by atoms with Crippen LogP contribution in [0.5, 0.6) is 0 Å². The van der Waals surface area contributed by atoms with Gasteiger partial charge in [-0.3, -0.25) is 0 Å². The second-order valence-corrected chi connectivity index (χ2v) is 7.63. The second kappa shape index (κ2) is 6.50.